The normalized spacial score (nSPS) is 17.6. The number of rotatable bonds is 3. The summed E-state index contributed by atoms with van der Waals surface area (Å²) in [5, 5.41) is 0. The van der Waals surface area contributed by atoms with E-state index in [0.717, 1.165) is 28.6 Å². The molecule has 86 valence electrons. The molecule has 1 fully saturated rings. The van der Waals surface area contributed by atoms with Crippen LogP contribution in [0.25, 0.3) is 0 Å². The van der Waals surface area contributed by atoms with Crippen LogP contribution in [0.15, 0.2) is 33.6 Å². The zero-order valence-corrected chi connectivity index (χ0v) is 11.4. The van der Waals surface area contributed by atoms with Crippen molar-refractivity contribution < 1.29 is 9.53 Å². The first-order valence-corrected chi connectivity index (χ1v) is 6.80. The average molecular weight is 301 g/mol. The second-order valence-electron chi connectivity index (χ2n) is 3.90. The smallest absolute Gasteiger partial charge is 0.322 e. The van der Waals surface area contributed by atoms with Crippen molar-refractivity contribution in [3.05, 3.63) is 28.7 Å². The van der Waals surface area contributed by atoms with Crippen molar-refractivity contribution in [1.82, 2.24) is 0 Å². The highest BCUT2D eigenvalue weighted by atomic mass is 79.9. The first kappa shape index (κ1) is 12.0. The predicted octanol–water partition coefficient (Wildman–Crippen LogP) is 3.64. The van der Waals surface area contributed by atoms with E-state index >= 15 is 0 Å². The van der Waals surface area contributed by atoms with Crippen molar-refractivity contribution in [2.24, 2.45) is 0 Å². The van der Waals surface area contributed by atoms with Crippen LogP contribution >= 0.6 is 27.7 Å². The van der Waals surface area contributed by atoms with Crippen molar-refractivity contribution in [2.45, 2.75) is 28.9 Å². The molecule has 0 N–H and O–H groups in total. The third kappa shape index (κ3) is 2.28. The van der Waals surface area contributed by atoms with E-state index in [4.69, 9.17) is 4.74 Å². The molecule has 0 saturated heterocycles. The van der Waals surface area contributed by atoms with Crippen LogP contribution in [0.3, 0.4) is 0 Å². The molecule has 0 heterocycles. The summed E-state index contributed by atoms with van der Waals surface area (Å²) in [5.41, 5.74) is 0. The fraction of sp³-hybridized carbons (Fsp3) is 0.417. The Morgan fingerprint density at radius 3 is 2.44 bits per heavy atom. The van der Waals surface area contributed by atoms with Gasteiger partial charge < -0.3 is 4.74 Å². The Morgan fingerprint density at radius 2 is 2.00 bits per heavy atom. The molecular weight excluding hydrogens is 288 g/mol. The molecule has 16 heavy (non-hydrogen) atoms. The Balaban J connectivity index is 2.13. The number of carbonyl (C=O) groups excluding carboxylic acids is 1. The first-order chi connectivity index (χ1) is 7.66. The fourth-order valence-electron chi connectivity index (χ4n) is 1.76. The number of hydrogen-bond acceptors (Lipinski definition) is 3. The Hall–Kier alpha value is -0.480. The molecular formula is C12H13BrO2S. The minimum Gasteiger partial charge on any atom is -0.468 e. The summed E-state index contributed by atoms with van der Waals surface area (Å²) >= 11 is 5.02. The lowest BCUT2D eigenvalue weighted by molar-refractivity contribution is -0.145. The van der Waals surface area contributed by atoms with Gasteiger partial charge in [-0.2, -0.15) is 0 Å². The molecule has 1 aromatic carbocycles. The maximum atomic E-state index is 11.7. The van der Waals surface area contributed by atoms with E-state index in [-0.39, 0.29) is 10.7 Å². The monoisotopic (exact) mass is 300 g/mol. The van der Waals surface area contributed by atoms with Crippen molar-refractivity contribution in [1.29, 1.82) is 0 Å². The lowest BCUT2D eigenvalue weighted by Gasteiger charge is -2.38. The van der Waals surface area contributed by atoms with Gasteiger partial charge in [-0.1, -0.05) is 15.9 Å². The molecule has 2 rings (SSSR count). The topological polar surface area (TPSA) is 26.3 Å². The second-order valence-corrected chi connectivity index (χ2v) is 6.27. The van der Waals surface area contributed by atoms with E-state index < -0.39 is 0 Å². The quantitative estimate of drug-likeness (QED) is 0.797. The van der Waals surface area contributed by atoms with Gasteiger partial charge in [0, 0.05) is 9.37 Å². The largest absolute Gasteiger partial charge is 0.468 e. The van der Waals surface area contributed by atoms with E-state index in [0.29, 0.717) is 0 Å². The number of hydrogen-bond donors (Lipinski definition) is 0. The summed E-state index contributed by atoms with van der Waals surface area (Å²) < 4.78 is 5.61. The number of carbonyl (C=O) groups is 1. The first-order valence-electron chi connectivity index (χ1n) is 5.19. The Bertz CT molecular complexity index is 385. The van der Waals surface area contributed by atoms with Crippen LogP contribution in [0.2, 0.25) is 0 Å². The van der Waals surface area contributed by atoms with Gasteiger partial charge in [0.05, 0.1) is 7.11 Å². The van der Waals surface area contributed by atoms with Crippen LogP contribution in [0.5, 0.6) is 0 Å². The third-order valence-electron chi connectivity index (χ3n) is 2.85. The molecule has 1 aliphatic rings. The minimum absolute atomic E-state index is 0.0910. The number of esters is 1. The predicted molar refractivity (Wildman–Crippen MR) is 68.6 cm³/mol. The highest BCUT2D eigenvalue weighted by molar-refractivity contribution is 9.10. The SMILES string of the molecule is COC(=O)C1(Sc2ccc(Br)cc2)CCC1. The number of methoxy groups -OCH3 is 1. The molecule has 4 heteroatoms. The summed E-state index contributed by atoms with van der Waals surface area (Å²) in [6.07, 6.45) is 2.94. The molecule has 0 atom stereocenters. The maximum absolute atomic E-state index is 11.7. The van der Waals surface area contributed by atoms with Gasteiger partial charge in [-0.3, -0.25) is 4.79 Å². The summed E-state index contributed by atoms with van der Waals surface area (Å²) in [7, 11) is 1.46. The lowest BCUT2D eigenvalue weighted by Crippen LogP contribution is -2.42. The molecule has 0 bridgehead atoms. The average Bonchev–Trinajstić information content (AvgIpc) is 2.25. The Labute approximate surface area is 108 Å². The highest BCUT2D eigenvalue weighted by Crippen LogP contribution is 2.48. The van der Waals surface area contributed by atoms with Gasteiger partial charge in [-0.05, 0) is 43.5 Å². The lowest BCUT2D eigenvalue weighted by atomic mass is 9.84. The number of ether oxygens (including phenoxy) is 1. The van der Waals surface area contributed by atoms with Gasteiger partial charge in [0.25, 0.3) is 0 Å². The summed E-state index contributed by atoms with van der Waals surface area (Å²) in [4.78, 5) is 12.9. The number of halogens is 1. The molecule has 0 aliphatic heterocycles. The zero-order valence-electron chi connectivity index (χ0n) is 9.03. The molecule has 1 aromatic rings. The molecule has 2 nitrogen and oxygen atoms in total. The summed E-state index contributed by atoms with van der Waals surface area (Å²) in [6.45, 7) is 0. The molecule has 0 amide bonds. The van der Waals surface area contributed by atoms with Crippen LogP contribution in [-0.2, 0) is 9.53 Å². The molecule has 0 spiro atoms. The van der Waals surface area contributed by atoms with Gasteiger partial charge in [-0.25, -0.2) is 0 Å². The van der Waals surface area contributed by atoms with Gasteiger partial charge >= 0.3 is 5.97 Å². The van der Waals surface area contributed by atoms with Crippen molar-refractivity contribution in [3.63, 3.8) is 0 Å². The second kappa shape index (κ2) is 4.80. The van der Waals surface area contributed by atoms with Crippen LogP contribution in [0, 0.1) is 0 Å². The molecule has 1 aliphatic carbocycles. The van der Waals surface area contributed by atoms with E-state index in [2.05, 4.69) is 15.9 Å². The van der Waals surface area contributed by atoms with Gasteiger partial charge in [0.15, 0.2) is 0 Å². The Morgan fingerprint density at radius 1 is 1.38 bits per heavy atom. The van der Waals surface area contributed by atoms with Crippen molar-refractivity contribution in [2.75, 3.05) is 7.11 Å². The van der Waals surface area contributed by atoms with Crippen LogP contribution in [0.4, 0.5) is 0 Å². The van der Waals surface area contributed by atoms with Gasteiger partial charge in [-0.15, -0.1) is 11.8 Å². The third-order valence-corrected chi connectivity index (χ3v) is 4.85. The number of benzene rings is 1. The Kier molecular flexibility index (Phi) is 3.60. The summed E-state index contributed by atoms with van der Waals surface area (Å²) in [6, 6.07) is 8.04. The molecule has 0 aromatic heterocycles. The van der Waals surface area contributed by atoms with Crippen LogP contribution < -0.4 is 0 Å². The number of thioether (sulfide) groups is 1. The molecule has 0 radical (unpaired) electrons. The van der Waals surface area contributed by atoms with Crippen LogP contribution in [0.1, 0.15) is 19.3 Å². The minimum atomic E-state index is -0.331. The molecule has 1 saturated carbocycles. The fourth-order valence-corrected chi connectivity index (χ4v) is 3.41. The van der Waals surface area contributed by atoms with E-state index in [1.807, 2.05) is 24.3 Å². The van der Waals surface area contributed by atoms with E-state index in [9.17, 15) is 4.79 Å². The van der Waals surface area contributed by atoms with Gasteiger partial charge in [0.1, 0.15) is 4.75 Å². The van der Waals surface area contributed by atoms with Crippen molar-refractivity contribution >= 4 is 33.7 Å². The van der Waals surface area contributed by atoms with Gasteiger partial charge in [0.2, 0.25) is 0 Å². The van der Waals surface area contributed by atoms with Crippen LogP contribution in [-0.4, -0.2) is 17.8 Å². The van der Waals surface area contributed by atoms with E-state index in [1.165, 1.54) is 7.11 Å². The molecule has 0 unspecified atom stereocenters. The highest BCUT2D eigenvalue weighted by Gasteiger charge is 2.46. The van der Waals surface area contributed by atoms with E-state index in [1.54, 1.807) is 11.8 Å². The maximum Gasteiger partial charge on any atom is 0.322 e. The standard InChI is InChI=1S/C12H13BrO2S/c1-15-11(14)12(7-2-8-12)16-10-5-3-9(13)4-6-10/h3-6H,2,7-8H2,1H3. The van der Waals surface area contributed by atoms with Crippen molar-refractivity contribution in [3.8, 4) is 0 Å². The summed E-state index contributed by atoms with van der Waals surface area (Å²) in [5.74, 6) is -0.0910. The zero-order chi connectivity index (χ0) is 11.6.